The summed E-state index contributed by atoms with van der Waals surface area (Å²) in [5.74, 6) is 1.01. The van der Waals surface area contributed by atoms with Crippen LogP contribution in [0, 0.1) is 6.92 Å². The Labute approximate surface area is 132 Å². The van der Waals surface area contributed by atoms with Gasteiger partial charge in [0, 0.05) is 5.69 Å². The van der Waals surface area contributed by atoms with E-state index in [-0.39, 0.29) is 12.5 Å². The van der Waals surface area contributed by atoms with E-state index in [1.165, 1.54) is 0 Å². The van der Waals surface area contributed by atoms with E-state index in [9.17, 15) is 4.79 Å². The van der Waals surface area contributed by atoms with Gasteiger partial charge in [-0.1, -0.05) is 50.2 Å². The highest BCUT2D eigenvalue weighted by molar-refractivity contribution is 5.92. The van der Waals surface area contributed by atoms with Crippen LogP contribution >= 0.6 is 0 Å². The van der Waals surface area contributed by atoms with Crippen LogP contribution < -0.4 is 10.1 Å². The first-order valence-electron chi connectivity index (χ1n) is 7.69. The van der Waals surface area contributed by atoms with E-state index in [2.05, 4.69) is 25.2 Å². The topological polar surface area (TPSA) is 38.3 Å². The minimum Gasteiger partial charge on any atom is -0.483 e. The molecular formula is C19H23NO2. The number of benzene rings is 2. The first-order valence-corrected chi connectivity index (χ1v) is 7.69. The van der Waals surface area contributed by atoms with Crippen molar-refractivity contribution < 1.29 is 9.53 Å². The van der Waals surface area contributed by atoms with Crippen LogP contribution in [0.5, 0.6) is 5.75 Å². The number of carbonyl (C=O) groups is 1. The monoisotopic (exact) mass is 297 g/mol. The lowest BCUT2D eigenvalue weighted by atomic mass is 9.97. The van der Waals surface area contributed by atoms with Gasteiger partial charge in [-0.15, -0.1) is 0 Å². The summed E-state index contributed by atoms with van der Waals surface area (Å²) in [6.07, 6.45) is 1.03. The summed E-state index contributed by atoms with van der Waals surface area (Å²) in [5.41, 5.74) is 3.06. The summed E-state index contributed by atoms with van der Waals surface area (Å²) in [7, 11) is 0. The van der Waals surface area contributed by atoms with E-state index < -0.39 is 0 Å². The molecule has 0 bridgehead atoms. The van der Waals surface area contributed by atoms with Crippen LogP contribution in [-0.4, -0.2) is 12.5 Å². The zero-order valence-electron chi connectivity index (χ0n) is 13.4. The highest BCUT2D eigenvalue weighted by Crippen LogP contribution is 2.26. The molecule has 1 N–H and O–H groups in total. The third kappa shape index (κ3) is 4.10. The molecule has 0 aromatic heterocycles. The summed E-state index contributed by atoms with van der Waals surface area (Å²) in [6, 6.07) is 15.6. The summed E-state index contributed by atoms with van der Waals surface area (Å²) >= 11 is 0. The molecule has 0 radical (unpaired) electrons. The third-order valence-corrected chi connectivity index (χ3v) is 3.83. The molecule has 2 aromatic carbocycles. The van der Waals surface area contributed by atoms with Gasteiger partial charge in [0.15, 0.2) is 6.61 Å². The lowest BCUT2D eigenvalue weighted by Crippen LogP contribution is -2.21. The standard InChI is InChI=1S/C19H23NO2/c1-4-14(2)16-10-6-7-11-17(16)20-19(21)13-22-18-12-8-5-9-15(18)3/h5-12,14H,4,13H2,1-3H3,(H,20,21). The predicted molar refractivity (Wildman–Crippen MR) is 90.5 cm³/mol. The summed E-state index contributed by atoms with van der Waals surface area (Å²) < 4.78 is 5.59. The van der Waals surface area contributed by atoms with Crippen LogP contribution in [0.15, 0.2) is 48.5 Å². The molecular weight excluding hydrogens is 274 g/mol. The summed E-state index contributed by atoms with van der Waals surface area (Å²) in [4.78, 5) is 12.1. The Kier molecular flexibility index (Phi) is 5.59. The van der Waals surface area contributed by atoms with Crippen LogP contribution in [0.1, 0.15) is 37.3 Å². The van der Waals surface area contributed by atoms with Crippen LogP contribution in [0.25, 0.3) is 0 Å². The lowest BCUT2D eigenvalue weighted by molar-refractivity contribution is -0.118. The van der Waals surface area contributed by atoms with Crippen LogP contribution in [-0.2, 0) is 4.79 Å². The van der Waals surface area contributed by atoms with Gasteiger partial charge in [0.2, 0.25) is 0 Å². The molecule has 1 atom stereocenters. The number of rotatable bonds is 6. The van der Waals surface area contributed by atoms with Gasteiger partial charge in [0.05, 0.1) is 0 Å². The molecule has 0 heterocycles. The molecule has 0 aliphatic heterocycles. The second kappa shape index (κ2) is 7.64. The zero-order valence-corrected chi connectivity index (χ0v) is 13.4. The maximum atomic E-state index is 12.1. The molecule has 0 fully saturated rings. The van der Waals surface area contributed by atoms with Crippen molar-refractivity contribution in [2.24, 2.45) is 0 Å². The molecule has 1 amide bonds. The number of anilines is 1. The quantitative estimate of drug-likeness (QED) is 0.851. The molecule has 0 saturated carbocycles. The minimum atomic E-state index is -0.140. The minimum absolute atomic E-state index is 0.0136. The largest absolute Gasteiger partial charge is 0.483 e. The number of amides is 1. The second-order valence-corrected chi connectivity index (χ2v) is 5.50. The molecule has 3 nitrogen and oxygen atoms in total. The molecule has 116 valence electrons. The highest BCUT2D eigenvalue weighted by Gasteiger charge is 2.11. The molecule has 1 unspecified atom stereocenters. The molecule has 0 saturated heterocycles. The van der Waals surface area contributed by atoms with Crippen molar-refractivity contribution in [3.05, 3.63) is 59.7 Å². The van der Waals surface area contributed by atoms with Crippen LogP contribution in [0.3, 0.4) is 0 Å². The summed E-state index contributed by atoms with van der Waals surface area (Å²) in [6.45, 7) is 6.28. The van der Waals surface area contributed by atoms with Crippen molar-refractivity contribution in [2.75, 3.05) is 11.9 Å². The fourth-order valence-corrected chi connectivity index (χ4v) is 2.31. The third-order valence-electron chi connectivity index (χ3n) is 3.83. The number of nitrogens with one attached hydrogen (secondary N) is 1. The summed E-state index contributed by atoms with van der Waals surface area (Å²) in [5, 5.41) is 2.95. The maximum Gasteiger partial charge on any atom is 0.262 e. The number of hydrogen-bond donors (Lipinski definition) is 1. The van der Waals surface area contributed by atoms with Gasteiger partial charge in [-0.2, -0.15) is 0 Å². The molecule has 2 rings (SSSR count). The number of para-hydroxylation sites is 2. The smallest absolute Gasteiger partial charge is 0.262 e. The molecule has 0 spiro atoms. The molecule has 3 heteroatoms. The Hall–Kier alpha value is -2.29. The van der Waals surface area contributed by atoms with Gasteiger partial charge in [0.25, 0.3) is 5.91 Å². The normalized spacial score (nSPS) is 11.8. The Bertz CT molecular complexity index is 637. The van der Waals surface area contributed by atoms with E-state index in [0.717, 1.165) is 29.0 Å². The zero-order chi connectivity index (χ0) is 15.9. The van der Waals surface area contributed by atoms with Crippen molar-refractivity contribution in [1.82, 2.24) is 0 Å². The fourth-order valence-electron chi connectivity index (χ4n) is 2.31. The Balaban J connectivity index is 1.99. The number of carbonyl (C=O) groups excluding carboxylic acids is 1. The van der Waals surface area contributed by atoms with Crippen molar-refractivity contribution in [1.29, 1.82) is 0 Å². The van der Waals surface area contributed by atoms with E-state index in [0.29, 0.717) is 5.92 Å². The molecule has 0 aliphatic rings. The first kappa shape index (κ1) is 16.1. The first-order chi connectivity index (χ1) is 10.6. The van der Waals surface area contributed by atoms with Gasteiger partial charge < -0.3 is 10.1 Å². The number of hydrogen-bond acceptors (Lipinski definition) is 2. The van der Waals surface area contributed by atoms with E-state index in [1.807, 2.05) is 49.4 Å². The second-order valence-electron chi connectivity index (χ2n) is 5.50. The number of aryl methyl sites for hydroxylation is 1. The van der Waals surface area contributed by atoms with Crippen LogP contribution in [0.2, 0.25) is 0 Å². The lowest BCUT2D eigenvalue weighted by Gasteiger charge is -2.16. The average Bonchev–Trinajstić information content (AvgIpc) is 2.54. The van der Waals surface area contributed by atoms with Crippen molar-refractivity contribution >= 4 is 11.6 Å². The van der Waals surface area contributed by atoms with Gasteiger partial charge in [-0.3, -0.25) is 4.79 Å². The van der Waals surface area contributed by atoms with E-state index in [4.69, 9.17) is 4.74 Å². The van der Waals surface area contributed by atoms with E-state index >= 15 is 0 Å². The molecule has 0 aliphatic carbocycles. The van der Waals surface area contributed by atoms with Gasteiger partial charge in [-0.25, -0.2) is 0 Å². The highest BCUT2D eigenvalue weighted by atomic mass is 16.5. The Morgan fingerprint density at radius 2 is 1.82 bits per heavy atom. The molecule has 2 aromatic rings. The molecule has 22 heavy (non-hydrogen) atoms. The van der Waals surface area contributed by atoms with Crippen molar-refractivity contribution in [3.63, 3.8) is 0 Å². The predicted octanol–water partition coefficient (Wildman–Crippen LogP) is 4.53. The SMILES string of the molecule is CCC(C)c1ccccc1NC(=O)COc1ccccc1C. The number of ether oxygens (including phenoxy) is 1. The maximum absolute atomic E-state index is 12.1. The van der Waals surface area contributed by atoms with Gasteiger partial charge >= 0.3 is 0 Å². The Morgan fingerprint density at radius 3 is 2.55 bits per heavy atom. The van der Waals surface area contributed by atoms with E-state index in [1.54, 1.807) is 0 Å². The van der Waals surface area contributed by atoms with Crippen molar-refractivity contribution in [3.8, 4) is 5.75 Å². The van der Waals surface area contributed by atoms with Gasteiger partial charge in [-0.05, 0) is 42.5 Å². The van der Waals surface area contributed by atoms with Crippen LogP contribution in [0.4, 0.5) is 5.69 Å². The van der Waals surface area contributed by atoms with Crippen molar-refractivity contribution in [2.45, 2.75) is 33.1 Å². The average molecular weight is 297 g/mol. The van der Waals surface area contributed by atoms with Gasteiger partial charge in [0.1, 0.15) is 5.75 Å². The fraction of sp³-hybridized carbons (Fsp3) is 0.316. The Morgan fingerprint density at radius 1 is 1.14 bits per heavy atom.